The molecule has 2 aliphatic carbocycles. The number of benzene rings is 9. The van der Waals surface area contributed by atoms with E-state index in [1.165, 1.54) is 110 Å². The van der Waals surface area contributed by atoms with Gasteiger partial charge in [-0.05, 0) is 103 Å². The standard InChI is InChI=1S/C55H36N2/c1-55(2)45-27-11-8-22-42(45)49-50-43-23-9-12-28-46(43)57(53(50)54-51(52(49)55)44-24-10-13-29-47(44)56(54)34-17-4-3-5-18-34)35-19-14-16-33(32-35)36-30-31-41-38-21-7-6-20-37(38)40-26-15-25-39(36)48(40)41/h3-32H,1-2H3. The largest absolute Gasteiger partial charge is 0.307 e. The summed E-state index contributed by atoms with van der Waals surface area (Å²) in [6.07, 6.45) is 0. The van der Waals surface area contributed by atoms with Crippen LogP contribution in [0.2, 0.25) is 0 Å². The lowest BCUT2D eigenvalue weighted by Gasteiger charge is -2.23. The maximum atomic E-state index is 2.57. The molecule has 0 atom stereocenters. The Morgan fingerprint density at radius 1 is 0.368 bits per heavy atom. The van der Waals surface area contributed by atoms with Crippen LogP contribution in [0.4, 0.5) is 0 Å². The van der Waals surface area contributed by atoms with Gasteiger partial charge in [0.15, 0.2) is 0 Å². The first kappa shape index (κ1) is 31.1. The van der Waals surface area contributed by atoms with Crippen LogP contribution in [-0.4, -0.2) is 9.13 Å². The van der Waals surface area contributed by atoms with Crippen molar-refractivity contribution in [3.05, 3.63) is 193 Å². The van der Waals surface area contributed by atoms with Crippen LogP contribution >= 0.6 is 0 Å². The Morgan fingerprint density at radius 3 is 1.67 bits per heavy atom. The molecule has 11 aromatic rings. The van der Waals surface area contributed by atoms with Gasteiger partial charge in [0.2, 0.25) is 0 Å². The highest BCUT2D eigenvalue weighted by molar-refractivity contribution is 6.31. The average molecular weight is 725 g/mol. The van der Waals surface area contributed by atoms with Crippen molar-refractivity contribution in [2.24, 2.45) is 0 Å². The summed E-state index contributed by atoms with van der Waals surface area (Å²) in [6, 6.07) is 67.8. The van der Waals surface area contributed by atoms with E-state index in [0.717, 1.165) is 11.4 Å². The molecule has 57 heavy (non-hydrogen) atoms. The van der Waals surface area contributed by atoms with Gasteiger partial charge in [0.25, 0.3) is 0 Å². The van der Waals surface area contributed by atoms with Gasteiger partial charge in [-0.25, -0.2) is 0 Å². The Kier molecular flexibility index (Phi) is 6.00. The molecular weight excluding hydrogens is 689 g/mol. The third kappa shape index (κ3) is 3.90. The number of nitrogens with zero attached hydrogens (tertiary/aromatic N) is 2. The van der Waals surface area contributed by atoms with Crippen molar-refractivity contribution in [2.75, 3.05) is 0 Å². The van der Waals surface area contributed by atoms with Crippen molar-refractivity contribution >= 4 is 54.4 Å². The van der Waals surface area contributed by atoms with Crippen molar-refractivity contribution in [1.29, 1.82) is 0 Å². The summed E-state index contributed by atoms with van der Waals surface area (Å²) in [5, 5.41) is 7.87. The molecule has 0 unspecified atom stereocenters. The molecule has 2 heteroatoms. The van der Waals surface area contributed by atoms with Crippen LogP contribution < -0.4 is 0 Å². The Balaban J connectivity index is 1.20. The van der Waals surface area contributed by atoms with Crippen LogP contribution in [0.5, 0.6) is 0 Å². The summed E-state index contributed by atoms with van der Waals surface area (Å²) in [5.74, 6) is 0. The van der Waals surface area contributed by atoms with E-state index in [1.54, 1.807) is 0 Å². The molecular formula is C55H36N2. The number of fused-ring (bicyclic) bond motifs is 15. The average Bonchev–Trinajstić information content (AvgIpc) is 3.96. The molecule has 2 heterocycles. The van der Waals surface area contributed by atoms with Crippen LogP contribution in [0.1, 0.15) is 25.0 Å². The monoisotopic (exact) mass is 724 g/mol. The van der Waals surface area contributed by atoms with E-state index in [0.29, 0.717) is 0 Å². The second kappa shape index (κ2) is 11.0. The van der Waals surface area contributed by atoms with Gasteiger partial charge in [0, 0.05) is 38.3 Å². The maximum Gasteiger partial charge on any atom is 0.0795 e. The Hall–Kier alpha value is -7.16. The Morgan fingerprint density at radius 2 is 0.895 bits per heavy atom. The Bertz CT molecular complexity index is 3510. The molecule has 0 radical (unpaired) electrons. The highest BCUT2D eigenvalue weighted by Crippen LogP contribution is 2.58. The number of hydrogen-bond acceptors (Lipinski definition) is 0. The molecule has 2 nitrogen and oxygen atoms in total. The second-order valence-electron chi connectivity index (χ2n) is 16.4. The fourth-order valence-electron chi connectivity index (χ4n) is 10.9. The van der Waals surface area contributed by atoms with Gasteiger partial charge in [-0.2, -0.15) is 0 Å². The fraction of sp³-hybridized carbons (Fsp3) is 0.0545. The van der Waals surface area contributed by atoms with Crippen LogP contribution in [-0.2, 0) is 5.41 Å². The summed E-state index contributed by atoms with van der Waals surface area (Å²) in [6.45, 7) is 4.85. The van der Waals surface area contributed by atoms with Crippen LogP contribution in [0.25, 0.3) is 110 Å². The fourth-order valence-corrected chi connectivity index (χ4v) is 10.9. The topological polar surface area (TPSA) is 9.86 Å². The molecule has 2 aromatic heterocycles. The van der Waals surface area contributed by atoms with Gasteiger partial charge in [-0.1, -0.05) is 159 Å². The summed E-state index contributed by atoms with van der Waals surface area (Å²) < 4.78 is 5.10. The zero-order chi connectivity index (χ0) is 37.6. The summed E-state index contributed by atoms with van der Waals surface area (Å²) in [5.41, 5.74) is 20.3. The number of para-hydroxylation sites is 3. The molecule has 13 rings (SSSR count). The molecule has 0 bridgehead atoms. The van der Waals surface area contributed by atoms with Gasteiger partial charge in [-0.3, -0.25) is 0 Å². The summed E-state index contributed by atoms with van der Waals surface area (Å²) in [7, 11) is 0. The predicted molar refractivity (Wildman–Crippen MR) is 240 cm³/mol. The molecule has 266 valence electrons. The molecule has 0 fully saturated rings. The Labute approximate surface area is 330 Å². The lowest BCUT2D eigenvalue weighted by molar-refractivity contribution is 0.667. The van der Waals surface area contributed by atoms with E-state index < -0.39 is 0 Å². The lowest BCUT2D eigenvalue weighted by atomic mass is 9.80. The summed E-state index contributed by atoms with van der Waals surface area (Å²) >= 11 is 0. The van der Waals surface area contributed by atoms with Crippen molar-refractivity contribution in [1.82, 2.24) is 9.13 Å². The summed E-state index contributed by atoms with van der Waals surface area (Å²) in [4.78, 5) is 0. The van der Waals surface area contributed by atoms with Crippen molar-refractivity contribution in [3.8, 4) is 55.9 Å². The van der Waals surface area contributed by atoms with Gasteiger partial charge in [0.05, 0.1) is 22.1 Å². The van der Waals surface area contributed by atoms with Crippen molar-refractivity contribution < 1.29 is 0 Å². The second-order valence-corrected chi connectivity index (χ2v) is 16.4. The van der Waals surface area contributed by atoms with Crippen molar-refractivity contribution in [2.45, 2.75) is 19.3 Å². The zero-order valence-electron chi connectivity index (χ0n) is 31.7. The number of aromatic nitrogens is 2. The van der Waals surface area contributed by atoms with E-state index in [-0.39, 0.29) is 5.41 Å². The quantitative estimate of drug-likeness (QED) is 0.172. The highest BCUT2D eigenvalue weighted by Gasteiger charge is 2.41. The SMILES string of the molecule is CC1(C)c2ccccc2-c2c1c1c3ccccc3n(-c3ccccc3)c1c1c2c2ccccc2n1-c1cccc(-c2ccc3c4c(cccc24)-c2ccccc2-3)c1. The minimum atomic E-state index is -0.206. The van der Waals surface area contributed by atoms with E-state index in [4.69, 9.17) is 0 Å². The minimum absolute atomic E-state index is 0.206. The maximum absolute atomic E-state index is 2.57. The molecule has 0 amide bonds. The molecule has 0 spiro atoms. The first-order valence-corrected chi connectivity index (χ1v) is 20.0. The molecule has 0 aliphatic heterocycles. The molecule has 0 N–H and O–H groups in total. The zero-order valence-corrected chi connectivity index (χ0v) is 31.7. The van der Waals surface area contributed by atoms with Gasteiger partial charge in [0.1, 0.15) is 0 Å². The van der Waals surface area contributed by atoms with E-state index in [1.807, 2.05) is 0 Å². The van der Waals surface area contributed by atoms with Crippen LogP contribution in [0.3, 0.4) is 0 Å². The van der Waals surface area contributed by atoms with E-state index in [2.05, 4.69) is 205 Å². The van der Waals surface area contributed by atoms with E-state index >= 15 is 0 Å². The predicted octanol–water partition coefficient (Wildman–Crippen LogP) is 14.7. The first-order valence-electron chi connectivity index (χ1n) is 20.0. The molecule has 0 saturated carbocycles. The van der Waals surface area contributed by atoms with Crippen molar-refractivity contribution in [3.63, 3.8) is 0 Å². The van der Waals surface area contributed by atoms with Gasteiger partial charge in [-0.15, -0.1) is 0 Å². The normalized spacial score (nSPS) is 13.6. The van der Waals surface area contributed by atoms with Gasteiger partial charge >= 0.3 is 0 Å². The minimum Gasteiger partial charge on any atom is -0.307 e. The first-order chi connectivity index (χ1) is 28.1. The molecule has 9 aromatic carbocycles. The van der Waals surface area contributed by atoms with Crippen LogP contribution in [0.15, 0.2) is 182 Å². The third-order valence-corrected chi connectivity index (χ3v) is 13.2. The lowest BCUT2D eigenvalue weighted by Crippen LogP contribution is -2.15. The number of rotatable bonds is 3. The smallest absolute Gasteiger partial charge is 0.0795 e. The molecule has 2 aliphatic rings. The van der Waals surface area contributed by atoms with Crippen LogP contribution in [0, 0.1) is 0 Å². The van der Waals surface area contributed by atoms with Gasteiger partial charge < -0.3 is 9.13 Å². The number of hydrogen-bond donors (Lipinski definition) is 0. The highest BCUT2D eigenvalue weighted by atomic mass is 15.0. The van der Waals surface area contributed by atoms with E-state index in [9.17, 15) is 0 Å². The molecule has 0 saturated heterocycles. The third-order valence-electron chi connectivity index (χ3n) is 13.2.